The fourth-order valence-corrected chi connectivity index (χ4v) is 2.57. The summed E-state index contributed by atoms with van der Waals surface area (Å²) in [6.45, 7) is 5.77. The van der Waals surface area contributed by atoms with Gasteiger partial charge in [-0.25, -0.2) is 0 Å². The van der Waals surface area contributed by atoms with Crippen molar-refractivity contribution in [3.8, 4) is 11.5 Å². The third kappa shape index (κ3) is 4.24. The van der Waals surface area contributed by atoms with Crippen molar-refractivity contribution >= 4 is 29.3 Å². The molecule has 7 heteroatoms. The Kier molecular flexibility index (Phi) is 6.57. The van der Waals surface area contributed by atoms with Crippen LogP contribution in [0.15, 0.2) is 23.9 Å². The van der Waals surface area contributed by atoms with E-state index in [9.17, 15) is 4.79 Å². The zero-order chi connectivity index (χ0) is 17.5. The van der Waals surface area contributed by atoms with Crippen molar-refractivity contribution in [1.82, 2.24) is 10.2 Å². The number of nitrogens with one attached hydrogen (secondary N) is 1. The van der Waals surface area contributed by atoms with E-state index in [1.807, 2.05) is 32.0 Å². The number of carbonyl (C=O) groups excluding carboxylic acids is 1. The molecule has 0 unspecified atom stereocenters. The van der Waals surface area contributed by atoms with E-state index in [0.29, 0.717) is 48.7 Å². The number of rotatable bonds is 8. The van der Waals surface area contributed by atoms with E-state index < -0.39 is 0 Å². The lowest BCUT2D eigenvalue weighted by Gasteiger charge is -2.12. The number of hydrogen-bond donors (Lipinski definition) is 1. The van der Waals surface area contributed by atoms with Crippen molar-refractivity contribution in [2.75, 3.05) is 33.5 Å². The lowest BCUT2D eigenvalue weighted by Crippen LogP contribution is -2.33. The zero-order valence-corrected chi connectivity index (χ0v) is 14.9. The molecule has 1 N–H and O–H groups in total. The average Bonchev–Trinajstić information content (AvgIpc) is 2.82. The maximum absolute atomic E-state index is 12.4. The van der Waals surface area contributed by atoms with E-state index in [1.54, 1.807) is 13.2 Å². The molecule has 1 aliphatic rings. The van der Waals surface area contributed by atoms with Crippen molar-refractivity contribution in [2.24, 2.45) is 0 Å². The van der Waals surface area contributed by atoms with Crippen LogP contribution in [0, 0.1) is 0 Å². The molecule has 1 aliphatic heterocycles. The highest BCUT2D eigenvalue weighted by atomic mass is 32.1. The maximum atomic E-state index is 12.4. The predicted molar refractivity (Wildman–Crippen MR) is 96.1 cm³/mol. The number of ether oxygens (including phenoxy) is 3. The summed E-state index contributed by atoms with van der Waals surface area (Å²) in [5.41, 5.74) is 1.26. The Labute approximate surface area is 147 Å². The molecule has 0 aliphatic carbocycles. The molecule has 0 atom stereocenters. The monoisotopic (exact) mass is 350 g/mol. The summed E-state index contributed by atoms with van der Waals surface area (Å²) >= 11 is 5.20. The molecule has 1 amide bonds. The van der Waals surface area contributed by atoms with E-state index in [0.717, 1.165) is 5.56 Å². The number of carbonyl (C=O) groups is 1. The van der Waals surface area contributed by atoms with Gasteiger partial charge in [0, 0.05) is 7.11 Å². The Morgan fingerprint density at radius 1 is 1.21 bits per heavy atom. The minimum atomic E-state index is -0.163. The molecule has 0 spiro atoms. The number of benzene rings is 1. The summed E-state index contributed by atoms with van der Waals surface area (Å²) < 4.78 is 16.1. The van der Waals surface area contributed by atoms with Gasteiger partial charge >= 0.3 is 0 Å². The van der Waals surface area contributed by atoms with Gasteiger partial charge in [-0.2, -0.15) is 0 Å². The van der Waals surface area contributed by atoms with Crippen LogP contribution < -0.4 is 14.8 Å². The first-order valence-corrected chi connectivity index (χ1v) is 8.24. The molecule has 1 heterocycles. The van der Waals surface area contributed by atoms with E-state index in [-0.39, 0.29) is 5.91 Å². The summed E-state index contributed by atoms with van der Waals surface area (Å²) in [6.07, 6.45) is 1.75. The summed E-state index contributed by atoms with van der Waals surface area (Å²) in [5.74, 6) is 1.17. The van der Waals surface area contributed by atoms with Crippen LogP contribution >= 0.6 is 12.2 Å². The Morgan fingerprint density at radius 2 is 1.92 bits per heavy atom. The SMILES string of the molecule is CCOc1ccc(/C=C2/NC(=S)N(CCOC)C2=O)cc1OCC. The second-order valence-corrected chi connectivity index (χ2v) is 5.40. The molecule has 0 aromatic heterocycles. The van der Waals surface area contributed by atoms with Gasteiger partial charge in [-0.3, -0.25) is 9.69 Å². The first-order chi connectivity index (χ1) is 11.6. The first kappa shape index (κ1) is 18.2. The molecule has 0 radical (unpaired) electrons. The summed E-state index contributed by atoms with van der Waals surface area (Å²) in [5, 5.41) is 3.33. The Morgan fingerprint density at radius 3 is 2.58 bits per heavy atom. The average molecular weight is 350 g/mol. The molecular weight excluding hydrogens is 328 g/mol. The third-order valence-electron chi connectivity index (χ3n) is 3.36. The lowest BCUT2D eigenvalue weighted by atomic mass is 10.1. The fraction of sp³-hybridized carbons (Fsp3) is 0.412. The lowest BCUT2D eigenvalue weighted by molar-refractivity contribution is -0.122. The highest BCUT2D eigenvalue weighted by Crippen LogP contribution is 2.29. The smallest absolute Gasteiger partial charge is 0.276 e. The van der Waals surface area contributed by atoms with Gasteiger partial charge in [-0.15, -0.1) is 0 Å². The van der Waals surface area contributed by atoms with Crippen LogP contribution in [0.3, 0.4) is 0 Å². The van der Waals surface area contributed by atoms with Gasteiger partial charge in [0.15, 0.2) is 16.6 Å². The molecule has 2 rings (SSSR count). The Hall–Kier alpha value is -2.12. The summed E-state index contributed by atoms with van der Waals surface area (Å²) in [6, 6.07) is 5.55. The molecule has 0 bridgehead atoms. The van der Waals surface area contributed by atoms with Gasteiger partial charge in [0.1, 0.15) is 5.70 Å². The zero-order valence-electron chi connectivity index (χ0n) is 14.1. The molecule has 24 heavy (non-hydrogen) atoms. The van der Waals surface area contributed by atoms with Crippen molar-refractivity contribution < 1.29 is 19.0 Å². The maximum Gasteiger partial charge on any atom is 0.276 e. The molecule has 6 nitrogen and oxygen atoms in total. The second kappa shape index (κ2) is 8.65. The number of hydrogen-bond acceptors (Lipinski definition) is 5. The quantitative estimate of drug-likeness (QED) is 0.573. The molecular formula is C17H22N2O4S. The van der Waals surface area contributed by atoms with Crippen LogP contribution in [0.4, 0.5) is 0 Å². The van der Waals surface area contributed by atoms with Gasteiger partial charge in [0.25, 0.3) is 5.91 Å². The summed E-state index contributed by atoms with van der Waals surface area (Å²) in [4.78, 5) is 13.9. The molecule has 1 aromatic rings. The second-order valence-electron chi connectivity index (χ2n) is 5.01. The largest absolute Gasteiger partial charge is 0.490 e. The fourth-order valence-electron chi connectivity index (χ4n) is 2.28. The molecule has 0 saturated carbocycles. The minimum absolute atomic E-state index is 0.163. The van der Waals surface area contributed by atoms with Gasteiger partial charge in [0.05, 0.1) is 26.4 Å². The number of nitrogens with zero attached hydrogens (tertiary/aromatic N) is 1. The van der Waals surface area contributed by atoms with Crippen molar-refractivity contribution in [2.45, 2.75) is 13.8 Å². The van der Waals surface area contributed by atoms with Crippen molar-refractivity contribution in [3.63, 3.8) is 0 Å². The highest BCUT2D eigenvalue weighted by molar-refractivity contribution is 7.80. The van der Waals surface area contributed by atoms with E-state index in [1.165, 1.54) is 4.90 Å². The van der Waals surface area contributed by atoms with Gasteiger partial charge in [-0.05, 0) is 49.8 Å². The van der Waals surface area contributed by atoms with Crippen LogP contribution in [0.25, 0.3) is 6.08 Å². The third-order valence-corrected chi connectivity index (χ3v) is 3.68. The topological polar surface area (TPSA) is 60.0 Å². The van der Waals surface area contributed by atoms with Crippen LogP contribution in [-0.2, 0) is 9.53 Å². The molecule has 1 saturated heterocycles. The number of amides is 1. The van der Waals surface area contributed by atoms with Gasteiger partial charge in [0.2, 0.25) is 0 Å². The number of thiocarbonyl (C=S) groups is 1. The predicted octanol–water partition coefficient (Wildman–Crippen LogP) is 2.19. The standard InChI is InChI=1S/C17H22N2O4S/c1-4-22-14-7-6-12(11-15(14)23-5-2)10-13-16(20)19(8-9-21-3)17(24)18-13/h6-7,10-11H,4-5,8-9H2,1-3H3,(H,18,24)/b13-10+. The minimum Gasteiger partial charge on any atom is -0.490 e. The summed E-state index contributed by atoms with van der Waals surface area (Å²) in [7, 11) is 1.59. The van der Waals surface area contributed by atoms with Gasteiger partial charge in [-0.1, -0.05) is 6.07 Å². The van der Waals surface area contributed by atoms with Crippen LogP contribution in [0.5, 0.6) is 11.5 Å². The Balaban J connectivity index is 2.23. The molecule has 130 valence electrons. The van der Waals surface area contributed by atoms with Crippen molar-refractivity contribution in [3.05, 3.63) is 29.5 Å². The van der Waals surface area contributed by atoms with Crippen LogP contribution in [0.1, 0.15) is 19.4 Å². The van der Waals surface area contributed by atoms with E-state index in [2.05, 4.69) is 5.32 Å². The van der Waals surface area contributed by atoms with Gasteiger partial charge < -0.3 is 19.5 Å². The van der Waals surface area contributed by atoms with E-state index in [4.69, 9.17) is 26.4 Å². The first-order valence-electron chi connectivity index (χ1n) is 7.83. The Bertz CT molecular complexity index is 645. The molecule has 1 fully saturated rings. The number of methoxy groups -OCH3 is 1. The van der Waals surface area contributed by atoms with Crippen LogP contribution in [-0.4, -0.2) is 49.4 Å². The normalized spacial score (nSPS) is 15.8. The van der Waals surface area contributed by atoms with E-state index >= 15 is 0 Å². The highest BCUT2D eigenvalue weighted by Gasteiger charge is 2.30. The molecule has 1 aromatic carbocycles. The van der Waals surface area contributed by atoms with Crippen LogP contribution in [0.2, 0.25) is 0 Å². The van der Waals surface area contributed by atoms with Crippen molar-refractivity contribution in [1.29, 1.82) is 0 Å².